The van der Waals surface area contributed by atoms with Crippen LogP contribution in [0.2, 0.25) is 0 Å². The summed E-state index contributed by atoms with van der Waals surface area (Å²) in [6.45, 7) is 2.68. The second-order valence-electron chi connectivity index (χ2n) is 3.50. The van der Waals surface area contributed by atoms with E-state index in [0.717, 1.165) is 18.7 Å². The van der Waals surface area contributed by atoms with E-state index in [1.165, 1.54) is 0 Å². The first-order chi connectivity index (χ1) is 6.79. The summed E-state index contributed by atoms with van der Waals surface area (Å²) in [6.07, 6.45) is 2.30. The van der Waals surface area contributed by atoms with Gasteiger partial charge in [-0.05, 0) is 6.42 Å². The molecule has 5 nitrogen and oxygen atoms in total. The molecule has 0 bridgehead atoms. The van der Waals surface area contributed by atoms with E-state index >= 15 is 0 Å². The number of carbonyl (C=O) groups excluding carboxylic acids is 1. The van der Waals surface area contributed by atoms with Gasteiger partial charge in [-0.1, -0.05) is 12.1 Å². The quantitative estimate of drug-likeness (QED) is 0.767. The highest BCUT2D eigenvalue weighted by molar-refractivity contribution is 5.79. The van der Waals surface area contributed by atoms with E-state index in [-0.39, 0.29) is 11.8 Å². The van der Waals surface area contributed by atoms with Crippen LogP contribution in [0.3, 0.4) is 0 Å². The van der Waals surface area contributed by atoms with Gasteiger partial charge >= 0.3 is 0 Å². The molecule has 14 heavy (non-hydrogen) atoms. The van der Waals surface area contributed by atoms with Crippen LogP contribution in [0.25, 0.3) is 0 Å². The Bertz CT molecular complexity index is 335. The molecule has 0 radical (unpaired) electrons. The molecule has 2 heterocycles. The van der Waals surface area contributed by atoms with E-state index in [1.54, 1.807) is 0 Å². The van der Waals surface area contributed by atoms with E-state index in [4.69, 9.17) is 4.52 Å². The Morgan fingerprint density at radius 1 is 1.64 bits per heavy atom. The predicted octanol–water partition coefficient (Wildman–Crippen LogP) is 0.626. The van der Waals surface area contributed by atoms with Crippen LogP contribution in [0, 0.1) is 0 Å². The summed E-state index contributed by atoms with van der Waals surface area (Å²) < 4.78 is 5.10. The lowest BCUT2D eigenvalue weighted by Crippen LogP contribution is -2.13. The molecular formula is C9H13N3O2. The highest BCUT2D eigenvalue weighted by Crippen LogP contribution is 2.21. The Labute approximate surface area is 81.9 Å². The van der Waals surface area contributed by atoms with Crippen LogP contribution in [0.1, 0.15) is 37.4 Å². The van der Waals surface area contributed by atoms with Crippen LogP contribution in [0.5, 0.6) is 0 Å². The van der Waals surface area contributed by atoms with E-state index in [0.29, 0.717) is 18.9 Å². The molecule has 1 aliphatic heterocycles. The second kappa shape index (κ2) is 3.77. The van der Waals surface area contributed by atoms with Crippen molar-refractivity contribution in [3.05, 3.63) is 11.7 Å². The number of nitrogens with zero attached hydrogens (tertiary/aromatic N) is 2. The van der Waals surface area contributed by atoms with Crippen molar-refractivity contribution in [1.82, 2.24) is 15.5 Å². The number of aromatic nitrogens is 2. The third kappa shape index (κ3) is 1.76. The van der Waals surface area contributed by atoms with Crippen LogP contribution < -0.4 is 5.32 Å². The van der Waals surface area contributed by atoms with E-state index in [9.17, 15) is 4.79 Å². The number of nitrogens with one attached hydrogen (secondary N) is 1. The highest BCUT2D eigenvalue weighted by atomic mass is 16.5. The van der Waals surface area contributed by atoms with E-state index in [2.05, 4.69) is 22.4 Å². The normalized spacial score (nSPS) is 21.2. The minimum Gasteiger partial charge on any atom is -0.355 e. The molecule has 0 aliphatic carbocycles. The SMILES string of the molecule is CCCc1noc(C2CNC(=O)C2)n1. The minimum absolute atomic E-state index is 0.0604. The Balaban J connectivity index is 2.05. The minimum atomic E-state index is 0.0604. The van der Waals surface area contributed by atoms with Crippen LogP contribution in [-0.2, 0) is 11.2 Å². The lowest BCUT2D eigenvalue weighted by atomic mass is 10.1. The fraction of sp³-hybridized carbons (Fsp3) is 0.667. The van der Waals surface area contributed by atoms with Crippen molar-refractivity contribution in [2.45, 2.75) is 32.1 Å². The van der Waals surface area contributed by atoms with Gasteiger partial charge in [0.15, 0.2) is 5.82 Å². The zero-order valence-corrected chi connectivity index (χ0v) is 8.12. The lowest BCUT2D eigenvalue weighted by Gasteiger charge is -1.96. The topological polar surface area (TPSA) is 68.0 Å². The second-order valence-corrected chi connectivity index (χ2v) is 3.50. The van der Waals surface area contributed by atoms with Crippen molar-refractivity contribution < 1.29 is 9.32 Å². The van der Waals surface area contributed by atoms with Gasteiger partial charge in [0.05, 0.1) is 5.92 Å². The Hall–Kier alpha value is -1.39. The first kappa shape index (κ1) is 9.18. The van der Waals surface area contributed by atoms with Gasteiger partial charge in [-0.2, -0.15) is 4.98 Å². The van der Waals surface area contributed by atoms with E-state index < -0.39 is 0 Å². The maximum atomic E-state index is 11.0. The van der Waals surface area contributed by atoms with Crippen molar-refractivity contribution in [3.63, 3.8) is 0 Å². The number of aryl methyl sites for hydroxylation is 1. The van der Waals surface area contributed by atoms with Gasteiger partial charge in [-0.15, -0.1) is 0 Å². The summed E-state index contributed by atoms with van der Waals surface area (Å²) in [6, 6.07) is 0. The summed E-state index contributed by atoms with van der Waals surface area (Å²) in [4.78, 5) is 15.2. The molecule has 76 valence electrons. The monoisotopic (exact) mass is 195 g/mol. The average Bonchev–Trinajstić information content (AvgIpc) is 2.74. The lowest BCUT2D eigenvalue weighted by molar-refractivity contribution is -0.119. The van der Waals surface area contributed by atoms with Gasteiger partial charge in [-0.25, -0.2) is 0 Å². The van der Waals surface area contributed by atoms with E-state index in [1.807, 2.05) is 0 Å². The van der Waals surface area contributed by atoms with Crippen molar-refractivity contribution >= 4 is 5.91 Å². The molecule has 0 saturated carbocycles. The van der Waals surface area contributed by atoms with Crippen LogP contribution in [0.15, 0.2) is 4.52 Å². The summed E-state index contributed by atoms with van der Waals surface area (Å²) >= 11 is 0. The number of amides is 1. The standard InChI is InChI=1S/C9H13N3O2/c1-2-3-7-11-9(14-12-7)6-4-8(13)10-5-6/h6H,2-5H2,1H3,(H,10,13). The van der Waals surface area contributed by atoms with Crippen molar-refractivity contribution in [2.75, 3.05) is 6.54 Å². The molecule has 5 heteroatoms. The number of carbonyl (C=O) groups is 1. The van der Waals surface area contributed by atoms with Crippen LogP contribution in [-0.4, -0.2) is 22.6 Å². The molecule has 1 fully saturated rings. The Morgan fingerprint density at radius 2 is 2.50 bits per heavy atom. The first-order valence-electron chi connectivity index (χ1n) is 4.88. The molecule has 1 aromatic rings. The largest absolute Gasteiger partial charge is 0.355 e. The maximum Gasteiger partial charge on any atom is 0.232 e. The molecule has 1 aliphatic rings. The number of hydrogen-bond acceptors (Lipinski definition) is 4. The summed E-state index contributed by atoms with van der Waals surface area (Å²) in [5.74, 6) is 1.46. The zero-order chi connectivity index (χ0) is 9.97. The van der Waals surface area contributed by atoms with Crippen LogP contribution >= 0.6 is 0 Å². The summed E-state index contributed by atoms with van der Waals surface area (Å²) in [5, 5.41) is 6.59. The molecular weight excluding hydrogens is 182 g/mol. The third-order valence-electron chi connectivity index (χ3n) is 2.28. The smallest absolute Gasteiger partial charge is 0.232 e. The summed E-state index contributed by atoms with van der Waals surface area (Å²) in [7, 11) is 0. The Morgan fingerprint density at radius 3 is 3.14 bits per heavy atom. The van der Waals surface area contributed by atoms with Gasteiger partial charge in [0.25, 0.3) is 0 Å². The number of hydrogen-bond donors (Lipinski definition) is 1. The molecule has 1 unspecified atom stereocenters. The molecule has 0 spiro atoms. The number of rotatable bonds is 3. The fourth-order valence-electron chi connectivity index (χ4n) is 1.54. The molecule has 1 amide bonds. The fourth-order valence-corrected chi connectivity index (χ4v) is 1.54. The molecule has 0 aromatic carbocycles. The predicted molar refractivity (Wildman–Crippen MR) is 48.7 cm³/mol. The van der Waals surface area contributed by atoms with Gasteiger partial charge in [0, 0.05) is 19.4 Å². The van der Waals surface area contributed by atoms with Crippen molar-refractivity contribution in [3.8, 4) is 0 Å². The van der Waals surface area contributed by atoms with Gasteiger partial charge in [0.2, 0.25) is 11.8 Å². The molecule has 1 N–H and O–H groups in total. The third-order valence-corrected chi connectivity index (χ3v) is 2.28. The Kier molecular flexibility index (Phi) is 2.47. The highest BCUT2D eigenvalue weighted by Gasteiger charge is 2.27. The average molecular weight is 195 g/mol. The summed E-state index contributed by atoms with van der Waals surface area (Å²) in [5.41, 5.74) is 0. The van der Waals surface area contributed by atoms with Gasteiger partial charge in [-0.3, -0.25) is 4.79 Å². The molecule has 1 aromatic heterocycles. The van der Waals surface area contributed by atoms with Gasteiger partial charge in [0.1, 0.15) is 0 Å². The maximum absolute atomic E-state index is 11.0. The van der Waals surface area contributed by atoms with Crippen molar-refractivity contribution in [2.24, 2.45) is 0 Å². The molecule has 1 atom stereocenters. The van der Waals surface area contributed by atoms with Crippen LogP contribution in [0.4, 0.5) is 0 Å². The van der Waals surface area contributed by atoms with Crippen molar-refractivity contribution in [1.29, 1.82) is 0 Å². The van der Waals surface area contributed by atoms with Gasteiger partial charge < -0.3 is 9.84 Å². The molecule has 2 rings (SSSR count). The zero-order valence-electron chi connectivity index (χ0n) is 8.12. The molecule has 1 saturated heterocycles. The first-order valence-corrected chi connectivity index (χ1v) is 4.88.